The number of hydrogen-bond donors (Lipinski definition) is 2. The zero-order chi connectivity index (χ0) is 12.0. The van der Waals surface area contributed by atoms with E-state index in [0.717, 1.165) is 25.8 Å². The molecule has 0 aromatic heterocycles. The highest BCUT2D eigenvalue weighted by atomic mass is 16.5. The lowest BCUT2D eigenvalue weighted by molar-refractivity contribution is -0.120. The molecule has 1 saturated heterocycles. The average molecular weight is 228 g/mol. The first-order valence-corrected chi connectivity index (χ1v) is 6.27. The molecule has 0 spiro atoms. The summed E-state index contributed by atoms with van der Waals surface area (Å²) < 4.78 is 5.65. The summed E-state index contributed by atoms with van der Waals surface area (Å²) in [6, 6.07) is 0.408. The van der Waals surface area contributed by atoms with Crippen molar-refractivity contribution in [2.24, 2.45) is 0 Å². The van der Waals surface area contributed by atoms with Gasteiger partial charge in [-0.1, -0.05) is 6.92 Å². The van der Waals surface area contributed by atoms with Crippen LogP contribution in [0.25, 0.3) is 0 Å². The first kappa shape index (κ1) is 13.5. The van der Waals surface area contributed by atoms with E-state index in [4.69, 9.17) is 4.74 Å². The minimum Gasteiger partial charge on any atom is -0.375 e. The molecule has 4 heteroatoms. The third-order valence-corrected chi connectivity index (χ3v) is 2.82. The fourth-order valence-corrected chi connectivity index (χ4v) is 2.14. The van der Waals surface area contributed by atoms with Crippen LogP contribution in [0.2, 0.25) is 0 Å². The number of rotatable bonds is 5. The Morgan fingerprint density at radius 3 is 2.50 bits per heavy atom. The monoisotopic (exact) mass is 228 g/mol. The zero-order valence-corrected chi connectivity index (χ0v) is 10.6. The van der Waals surface area contributed by atoms with Gasteiger partial charge < -0.3 is 15.4 Å². The van der Waals surface area contributed by atoms with Gasteiger partial charge in [-0.05, 0) is 33.1 Å². The quantitative estimate of drug-likeness (QED) is 0.739. The highest BCUT2D eigenvalue weighted by Crippen LogP contribution is 2.18. The van der Waals surface area contributed by atoms with Gasteiger partial charge in [0.15, 0.2) is 0 Å². The maximum absolute atomic E-state index is 11.4. The van der Waals surface area contributed by atoms with Gasteiger partial charge in [-0.3, -0.25) is 4.79 Å². The molecular formula is C12H24N2O2. The summed E-state index contributed by atoms with van der Waals surface area (Å²) in [4.78, 5) is 11.4. The number of amides is 1. The van der Waals surface area contributed by atoms with E-state index in [1.165, 1.54) is 0 Å². The zero-order valence-electron chi connectivity index (χ0n) is 10.6. The second kappa shape index (κ2) is 6.86. The van der Waals surface area contributed by atoms with E-state index < -0.39 is 0 Å². The smallest absolute Gasteiger partial charge is 0.233 e. The first-order chi connectivity index (χ1) is 7.61. The van der Waals surface area contributed by atoms with Crippen molar-refractivity contribution in [1.29, 1.82) is 0 Å². The molecule has 0 saturated carbocycles. The molecular weight excluding hydrogens is 204 g/mol. The summed E-state index contributed by atoms with van der Waals surface area (Å²) in [5.74, 6) is 0.0913. The van der Waals surface area contributed by atoms with Crippen LogP contribution < -0.4 is 10.6 Å². The summed E-state index contributed by atoms with van der Waals surface area (Å²) in [6.45, 7) is 7.41. The Labute approximate surface area is 98.1 Å². The standard InChI is InChI=1S/C12H24N2O2/c1-4-5-13-12(15)8-14-11-6-9(2)16-10(3)7-11/h9-11,14H,4-8H2,1-3H3,(H,13,15). The highest BCUT2D eigenvalue weighted by Gasteiger charge is 2.24. The molecule has 1 heterocycles. The van der Waals surface area contributed by atoms with Crippen molar-refractivity contribution in [3.05, 3.63) is 0 Å². The SMILES string of the molecule is CCCNC(=O)CNC1CC(C)OC(C)C1. The molecule has 0 aliphatic carbocycles. The van der Waals surface area contributed by atoms with Gasteiger partial charge in [0.25, 0.3) is 0 Å². The van der Waals surface area contributed by atoms with E-state index >= 15 is 0 Å². The van der Waals surface area contributed by atoms with Crippen molar-refractivity contribution in [3.8, 4) is 0 Å². The van der Waals surface area contributed by atoms with Crippen molar-refractivity contribution < 1.29 is 9.53 Å². The van der Waals surface area contributed by atoms with Gasteiger partial charge >= 0.3 is 0 Å². The molecule has 2 atom stereocenters. The molecule has 2 N–H and O–H groups in total. The maximum atomic E-state index is 11.4. The minimum absolute atomic E-state index is 0.0913. The Morgan fingerprint density at radius 2 is 1.94 bits per heavy atom. The number of carbonyl (C=O) groups excluding carboxylic acids is 1. The molecule has 2 unspecified atom stereocenters. The molecule has 16 heavy (non-hydrogen) atoms. The third kappa shape index (κ3) is 4.94. The van der Waals surface area contributed by atoms with Crippen molar-refractivity contribution in [2.75, 3.05) is 13.1 Å². The van der Waals surface area contributed by atoms with Crippen LogP contribution in [0.5, 0.6) is 0 Å². The van der Waals surface area contributed by atoms with E-state index in [1.807, 2.05) is 0 Å². The van der Waals surface area contributed by atoms with Crippen LogP contribution in [0.4, 0.5) is 0 Å². The normalized spacial score (nSPS) is 30.1. The van der Waals surface area contributed by atoms with Crippen LogP contribution in [-0.4, -0.2) is 37.2 Å². The van der Waals surface area contributed by atoms with Crippen LogP contribution in [-0.2, 0) is 9.53 Å². The van der Waals surface area contributed by atoms with E-state index in [2.05, 4.69) is 31.4 Å². The maximum Gasteiger partial charge on any atom is 0.233 e. The van der Waals surface area contributed by atoms with E-state index in [0.29, 0.717) is 24.8 Å². The van der Waals surface area contributed by atoms with E-state index in [-0.39, 0.29) is 5.91 Å². The van der Waals surface area contributed by atoms with Gasteiger partial charge in [0.1, 0.15) is 0 Å². The number of hydrogen-bond acceptors (Lipinski definition) is 3. The fourth-order valence-electron chi connectivity index (χ4n) is 2.14. The minimum atomic E-state index is 0.0913. The Bertz CT molecular complexity index is 211. The van der Waals surface area contributed by atoms with E-state index in [9.17, 15) is 4.79 Å². The molecule has 4 nitrogen and oxygen atoms in total. The van der Waals surface area contributed by atoms with Crippen LogP contribution in [0.1, 0.15) is 40.0 Å². The highest BCUT2D eigenvalue weighted by molar-refractivity contribution is 5.77. The lowest BCUT2D eigenvalue weighted by atomic mass is 10.00. The summed E-state index contributed by atoms with van der Waals surface area (Å²) in [5.41, 5.74) is 0. The Kier molecular flexibility index (Phi) is 5.77. The van der Waals surface area contributed by atoms with Gasteiger partial charge in [-0.2, -0.15) is 0 Å². The molecule has 0 bridgehead atoms. The number of ether oxygens (including phenoxy) is 1. The van der Waals surface area contributed by atoms with Crippen LogP contribution >= 0.6 is 0 Å². The summed E-state index contributed by atoms with van der Waals surface area (Å²) in [5, 5.41) is 6.16. The van der Waals surface area contributed by atoms with Crippen molar-refractivity contribution in [3.63, 3.8) is 0 Å². The molecule has 1 amide bonds. The largest absolute Gasteiger partial charge is 0.375 e. The van der Waals surface area contributed by atoms with Crippen LogP contribution in [0.3, 0.4) is 0 Å². The summed E-state index contributed by atoms with van der Waals surface area (Å²) in [7, 11) is 0. The first-order valence-electron chi connectivity index (χ1n) is 6.27. The molecule has 1 aliphatic heterocycles. The lowest BCUT2D eigenvalue weighted by Gasteiger charge is -2.32. The van der Waals surface area contributed by atoms with Gasteiger partial charge in [0.2, 0.25) is 5.91 Å². The van der Waals surface area contributed by atoms with E-state index in [1.54, 1.807) is 0 Å². The van der Waals surface area contributed by atoms with Crippen LogP contribution in [0, 0.1) is 0 Å². The van der Waals surface area contributed by atoms with Gasteiger partial charge in [-0.25, -0.2) is 0 Å². The molecule has 0 aromatic rings. The van der Waals surface area contributed by atoms with Gasteiger partial charge in [0, 0.05) is 12.6 Å². The van der Waals surface area contributed by atoms with Crippen molar-refractivity contribution in [2.45, 2.75) is 58.3 Å². The predicted octanol–water partition coefficient (Wildman–Crippen LogP) is 1.06. The molecule has 94 valence electrons. The third-order valence-electron chi connectivity index (χ3n) is 2.82. The Morgan fingerprint density at radius 1 is 1.31 bits per heavy atom. The summed E-state index contributed by atoms with van der Waals surface area (Å²) in [6.07, 6.45) is 3.55. The van der Waals surface area contributed by atoms with Crippen molar-refractivity contribution in [1.82, 2.24) is 10.6 Å². The molecule has 1 rings (SSSR count). The predicted molar refractivity (Wildman–Crippen MR) is 64.3 cm³/mol. The van der Waals surface area contributed by atoms with Crippen LogP contribution in [0.15, 0.2) is 0 Å². The van der Waals surface area contributed by atoms with Gasteiger partial charge in [0.05, 0.1) is 18.8 Å². The van der Waals surface area contributed by atoms with Gasteiger partial charge in [-0.15, -0.1) is 0 Å². The Balaban J connectivity index is 2.18. The molecule has 0 radical (unpaired) electrons. The second-order valence-electron chi connectivity index (χ2n) is 4.66. The molecule has 0 aromatic carbocycles. The topological polar surface area (TPSA) is 50.4 Å². The fraction of sp³-hybridized carbons (Fsp3) is 0.917. The molecule has 1 fully saturated rings. The average Bonchev–Trinajstić information content (AvgIpc) is 2.22. The molecule has 1 aliphatic rings. The Hall–Kier alpha value is -0.610. The summed E-state index contributed by atoms with van der Waals surface area (Å²) >= 11 is 0. The number of nitrogens with one attached hydrogen (secondary N) is 2. The number of carbonyl (C=O) groups is 1. The second-order valence-corrected chi connectivity index (χ2v) is 4.66. The lowest BCUT2D eigenvalue weighted by Crippen LogP contribution is -2.45. The van der Waals surface area contributed by atoms with Crippen molar-refractivity contribution >= 4 is 5.91 Å².